The molecule has 20 heavy (non-hydrogen) atoms. The SMILES string of the molecule is COc1ccc(CS(=O)(=O)CC(=O)N2CCC2)cc1Br. The number of hydrogen-bond donors (Lipinski definition) is 0. The third-order valence-corrected chi connectivity index (χ3v) is 5.23. The van der Waals surface area contributed by atoms with Crippen LogP contribution in [0.4, 0.5) is 0 Å². The molecule has 5 nitrogen and oxygen atoms in total. The van der Waals surface area contributed by atoms with Gasteiger partial charge in [-0.05, 0) is 40.0 Å². The van der Waals surface area contributed by atoms with E-state index in [1.807, 2.05) is 0 Å². The monoisotopic (exact) mass is 361 g/mol. The first-order chi connectivity index (χ1) is 9.41. The molecule has 1 amide bonds. The number of carbonyl (C=O) groups is 1. The van der Waals surface area contributed by atoms with Gasteiger partial charge in [-0.3, -0.25) is 4.79 Å². The average molecular weight is 362 g/mol. The van der Waals surface area contributed by atoms with E-state index in [1.54, 1.807) is 30.2 Å². The minimum absolute atomic E-state index is 0.144. The molecule has 2 rings (SSSR count). The first kappa shape index (κ1) is 15.3. The third kappa shape index (κ3) is 3.73. The number of rotatable bonds is 5. The fourth-order valence-electron chi connectivity index (χ4n) is 1.95. The summed E-state index contributed by atoms with van der Waals surface area (Å²) in [5.74, 6) is -0.224. The predicted molar refractivity (Wildman–Crippen MR) is 79.4 cm³/mol. The molecule has 1 saturated heterocycles. The van der Waals surface area contributed by atoms with Crippen LogP contribution < -0.4 is 4.74 Å². The molecule has 0 atom stereocenters. The maximum Gasteiger partial charge on any atom is 0.237 e. The second-order valence-electron chi connectivity index (χ2n) is 4.74. The normalized spacial score (nSPS) is 14.8. The molecule has 1 aliphatic heterocycles. The second-order valence-corrected chi connectivity index (χ2v) is 7.65. The van der Waals surface area contributed by atoms with Crippen molar-refractivity contribution in [2.24, 2.45) is 0 Å². The lowest BCUT2D eigenvalue weighted by Crippen LogP contribution is -2.44. The summed E-state index contributed by atoms with van der Waals surface area (Å²) in [5.41, 5.74) is 0.633. The third-order valence-electron chi connectivity index (χ3n) is 3.15. The van der Waals surface area contributed by atoms with Crippen LogP contribution in [0.5, 0.6) is 5.75 Å². The van der Waals surface area contributed by atoms with Crippen molar-refractivity contribution in [3.63, 3.8) is 0 Å². The van der Waals surface area contributed by atoms with E-state index in [4.69, 9.17) is 4.74 Å². The average Bonchev–Trinajstić information content (AvgIpc) is 2.24. The van der Waals surface area contributed by atoms with E-state index in [-0.39, 0.29) is 11.7 Å². The standard InChI is InChI=1S/C13H16BrNO4S/c1-19-12-4-3-10(7-11(12)14)8-20(17,18)9-13(16)15-5-2-6-15/h3-4,7H,2,5-6,8-9H2,1H3. The maximum atomic E-state index is 12.0. The Labute approximate surface area is 127 Å². The number of likely N-dealkylation sites (tertiary alicyclic amines) is 1. The largest absolute Gasteiger partial charge is 0.496 e. The van der Waals surface area contributed by atoms with Gasteiger partial charge in [0.2, 0.25) is 5.91 Å². The lowest BCUT2D eigenvalue weighted by Gasteiger charge is -2.30. The zero-order valence-corrected chi connectivity index (χ0v) is 13.5. The highest BCUT2D eigenvalue weighted by Crippen LogP contribution is 2.26. The Morgan fingerprint density at radius 3 is 2.60 bits per heavy atom. The Hall–Kier alpha value is -1.08. The quantitative estimate of drug-likeness (QED) is 0.798. The number of benzene rings is 1. The molecule has 110 valence electrons. The molecule has 0 aliphatic carbocycles. The van der Waals surface area contributed by atoms with Crippen molar-refractivity contribution in [2.75, 3.05) is 26.0 Å². The summed E-state index contributed by atoms with van der Waals surface area (Å²) >= 11 is 3.31. The molecule has 1 fully saturated rings. The van der Waals surface area contributed by atoms with Crippen LogP contribution in [0.1, 0.15) is 12.0 Å². The summed E-state index contributed by atoms with van der Waals surface area (Å²) < 4.78 is 29.8. The number of carbonyl (C=O) groups excluding carboxylic acids is 1. The van der Waals surface area contributed by atoms with Crippen molar-refractivity contribution in [1.29, 1.82) is 0 Å². The summed E-state index contributed by atoms with van der Waals surface area (Å²) in [6, 6.07) is 5.09. The fourth-order valence-corrected chi connectivity index (χ4v) is 3.89. The lowest BCUT2D eigenvalue weighted by atomic mass is 10.2. The minimum atomic E-state index is -3.44. The van der Waals surface area contributed by atoms with Crippen LogP contribution >= 0.6 is 15.9 Å². The van der Waals surface area contributed by atoms with E-state index in [0.717, 1.165) is 6.42 Å². The molecule has 1 aliphatic rings. The molecule has 0 unspecified atom stereocenters. The van der Waals surface area contributed by atoms with Gasteiger partial charge in [-0.1, -0.05) is 6.07 Å². The Balaban J connectivity index is 2.03. The minimum Gasteiger partial charge on any atom is -0.496 e. The topological polar surface area (TPSA) is 63.7 Å². The molecule has 0 spiro atoms. The molecule has 1 aromatic carbocycles. The van der Waals surface area contributed by atoms with Gasteiger partial charge in [0.05, 0.1) is 17.3 Å². The van der Waals surface area contributed by atoms with Crippen LogP contribution in [-0.4, -0.2) is 45.2 Å². The first-order valence-corrected chi connectivity index (χ1v) is 8.83. The molecule has 0 saturated carbocycles. The van der Waals surface area contributed by atoms with Crippen molar-refractivity contribution >= 4 is 31.7 Å². The zero-order chi connectivity index (χ0) is 14.8. The summed E-state index contributed by atoms with van der Waals surface area (Å²) in [4.78, 5) is 13.3. The van der Waals surface area contributed by atoms with E-state index in [1.165, 1.54) is 0 Å². The van der Waals surface area contributed by atoms with Gasteiger partial charge in [0.15, 0.2) is 9.84 Å². The van der Waals surface area contributed by atoms with Gasteiger partial charge in [0, 0.05) is 13.1 Å². The second kappa shape index (κ2) is 6.13. The van der Waals surface area contributed by atoms with Crippen molar-refractivity contribution in [1.82, 2.24) is 4.90 Å². The van der Waals surface area contributed by atoms with Gasteiger partial charge in [-0.25, -0.2) is 8.42 Å². The highest BCUT2D eigenvalue weighted by molar-refractivity contribution is 9.10. The lowest BCUT2D eigenvalue weighted by molar-refractivity contribution is -0.131. The van der Waals surface area contributed by atoms with Crippen LogP contribution in [0.2, 0.25) is 0 Å². The number of sulfone groups is 1. The first-order valence-electron chi connectivity index (χ1n) is 6.22. The maximum absolute atomic E-state index is 12.0. The van der Waals surface area contributed by atoms with E-state index in [0.29, 0.717) is 28.9 Å². The van der Waals surface area contributed by atoms with Crippen LogP contribution in [0.15, 0.2) is 22.7 Å². The Bertz CT molecular complexity index is 611. The molecule has 1 aromatic rings. The highest BCUT2D eigenvalue weighted by Gasteiger charge is 2.25. The van der Waals surface area contributed by atoms with Crippen LogP contribution in [0.3, 0.4) is 0 Å². The summed E-state index contributed by atoms with van der Waals surface area (Å²) in [6.45, 7) is 1.34. The van der Waals surface area contributed by atoms with Gasteiger partial charge in [0.1, 0.15) is 11.5 Å². The number of amides is 1. The number of methoxy groups -OCH3 is 1. The smallest absolute Gasteiger partial charge is 0.237 e. The van der Waals surface area contributed by atoms with E-state index >= 15 is 0 Å². The van der Waals surface area contributed by atoms with Gasteiger partial charge in [0.25, 0.3) is 0 Å². The molecule has 1 heterocycles. The summed E-state index contributed by atoms with van der Waals surface area (Å²) in [5, 5.41) is 0. The van der Waals surface area contributed by atoms with Gasteiger partial charge in [-0.2, -0.15) is 0 Å². The number of ether oxygens (including phenoxy) is 1. The van der Waals surface area contributed by atoms with Crippen molar-refractivity contribution in [2.45, 2.75) is 12.2 Å². The molecule has 0 N–H and O–H groups in total. The summed E-state index contributed by atoms with van der Waals surface area (Å²) in [6.07, 6.45) is 0.956. The molecular formula is C13H16BrNO4S. The highest BCUT2D eigenvalue weighted by atomic mass is 79.9. The number of halogens is 1. The van der Waals surface area contributed by atoms with E-state index in [9.17, 15) is 13.2 Å². The van der Waals surface area contributed by atoms with Crippen molar-refractivity contribution < 1.29 is 17.9 Å². The fraction of sp³-hybridized carbons (Fsp3) is 0.462. The van der Waals surface area contributed by atoms with E-state index in [2.05, 4.69) is 15.9 Å². The van der Waals surface area contributed by atoms with E-state index < -0.39 is 15.6 Å². The Morgan fingerprint density at radius 1 is 1.40 bits per heavy atom. The van der Waals surface area contributed by atoms with Gasteiger partial charge < -0.3 is 9.64 Å². The molecule has 0 radical (unpaired) electrons. The molecular weight excluding hydrogens is 346 g/mol. The molecule has 0 aromatic heterocycles. The van der Waals surface area contributed by atoms with Crippen LogP contribution in [0, 0.1) is 0 Å². The molecule has 0 bridgehead atoms. The Kier molecular flexibility index (Phi) is 4.70. The number of hydrogen-bond acceptors (Lipinski definition) is 4. The van der Waals surface area contributed by atoms with Crippen molar-refractivity contribution in [3.05, 3.63) is 28.2 Å². The zero-order valence-electron chi connectivity index (χ0n) is 11.1. The van der Waals surface area contributed by atoms with Crippen molar-refractivity contribution in [3.8, 4) is 5.75 Å². The van der Waals surface area contributed by atoms with Crippen LogP contribution in [0.25, 0.3) is 0 Å². The number of nitrogens with zero attached hydrogens (tertiary/aromatic N) is 1. The van der Waals surface area contributed by atoms with Gasteiger partial charge in [-0.15, -0.1) is 0 Å². The Morgan fingerprint density at radius 2 is 2.10 bits per heavy atom. The summed E-state index contributed by atoms with van der Waals surface area (Å²) in [7, 11) is -1.90. The predicted octanol–water partition coefficient (Wildman–Crippen LogP) is 1.60. The van der Waals surface area contributed by atoms with Crippen LogP contribution in [-0.2, 0) is 20.4 Å². The van der Waals surface area contributed by atoms with Gasteiger partial charge >= 0.3 is 0 Å². The molecule has 7 heteroatoms.